The van der Waals surface area contributed by atoms with Crippen LogP contribution >= 0.6 is 0 Å². The van der Waals surface area contributed by atoms with Crippen molar-refractivity contribution in [2.75, 3.05) is 19.0 Å². The summed E-state index contributed by atoms with van der Waals surface area (Å²) in [6.07, 6.45) is -0.480. The van der Waals surface area contributed by atoms with Crippen LogP contribution in [0.25, 0.3) is 0 Å². The second kappa shape index (κ2) is 6.52. The zero-order valence-corrected chi connectivity index (χ0v) is 11.7. The van der Waals surface area contributed by atoms with Crippen LogP contribution in [0.2, 0.25) is 0 Å². The number of carbonyl (C=O) groups is 1. The Morgan fingerprint density at radius 1 is 1.47 bits per heavy atom. The lowest BCUT2D eigenvalue weighted by molar-refractivity contribution is -0.152. The number of carbonyl (C=O) groups excluding carboxylic acids is 1. The Hall–Kier alpha value is -1.62. The summed E-state index contributed by atoms with van der Waals surface area (Å²) in [6, 6.07) is 6.16. The summed E-state index contributed by atoms with van der Waals surface area (Å²) >= 11 is 0. The summed E-state index contributed by atoms with van der Waals surface area (Å²) in [5.74, 6) is -0.908. The van der Waals surface area contributed by atoms with Gasteiger partial charge in [0.15, 0.2) is 5.54 Å². The summed E-state index contributed by atoms with van der Waals surface area (Å²) < 4.78 is 23.9. The van der Waals surface area contributed by atoms with Gasteiger partial charge in [-0.15, -0.1) is 0 Å². The van der Waals surface area contributed by atoms with Crippen LogP contribution in [-0.2, 0) is 14.3 Å². The lowest BCUT2D eigenvalue weighted by atomic mass is 9.95. The van der Waals surface area contributed by atoms with E-state index in [1.54, 1.807) is 39.0 Å². The van der Waals surface area contributed by atoms with Gasteiger partial charge in [0.1, 0.15) is 5.82 Å². The van der Waals surface area contributed by atoms with Crippen molar-refractivity contribution in [3.8, 4) is 0 Å². The van der Waals surface area contributed by atoms with Crippen LogP contribution in [0, 0.1) is 5.82 Å². The van der Waals surface area contributed by atoms with Gasteiger partial charge in [-0.2, -0.15) is 0 Å². The molecule has 19 heavy (non-hydrogen) atoms. The number of benzene rings is 1. The van der Waals surface area contributed by atoms with E-state index in [9.17, 15) is 9.18 Å². The van der Waals surface area contributed by atoms with E-state index in [-0.39, 0.29) is 12.3 Å². The number of methoxy groups -OCH3 is 1. The maximum absolute atomic E-state index is 13.7. The number of hydrogen-bond acceptors (Lipinski definition) is 4. The molecule has 106 valence electrons. The number of nitrogens with one attached hydrogen (secondary N) is 1. The summed E-state index contributed by atoms with van der Waals surface area (Å²) in [4.78, 5) is 12.1. The molecule has 1 aromatic carbocycles. The van der Waals surface area contributed by atoms with Crippen LogP contribution in [0.5, 0.6) is 0 Å². The molecule has 0 bridgehead atoms. The van der Waals surface area contributed by atoms with Gasteiger partial charge in [0, 0.05) is 7.11 Å². The number of esters is 1. The van der Waals surface area contributed by atoms with Gasteiger partial charge in [-0.1, -0.05) is 12.1 Å². The fraction of sp³-hybridized carbons (Fsp3) is 0.500. The molecule has 0 heterocycles. The Bertz CT molecular complexity index is 438. The van der Waals surface area contributed by atoms with E-state index in [1.165, 1.54) is 13.2 Å². The summed E-state index contributed by atoms with van der Waals surface area (Å²) in [5.41, 5.74) is -0.922. The quantitative estimate of drug-likeness (QED) is 0.806. The van der Waals surface area contributed by atoms with Crippen molar-refractivity contribution in [2.24, 2.45) is 0 Å². The highest BCUT2D eigenvalue weighted by molar-refractivity contribution is 5.85. The molecular formula is C14H20FNO3. The summed E-state index contributed by atoms with van der Waals surface area (Å²) in [6.45, 7) is 5.33. The Morgan fingerprint density at radius 3 is 2.63 bits per heavy atom. The van der Waals surface area contributed by atoms with Crippen molar-refractivity contribution in [2.45, 2.75) is 32.4 Å². The van der Waals surface area contributed by atoms with Crippen molar-refractivity contribution in [3.05, 3.63) is 30.1 Å². The average Bonchev–Trinajstić information content (AvgIpc) is 2.40. The molecule has 5 heteroatoms. The van der Waals surface area contributed by atoms with Crippen LogP contribution in [0.1, 0.15) is 20.8 Å². The smallest absolute Gasteiger partial charge is 0.334 e. The molecule has 4 nitrogen and oxygen atoms in total. The van der Waals surface area contributed by atoms with Gasteiger partial charge in [-0.25, -0.2) is 9.18 Å². The fourth-order valence-electron chi connectivity index (χ4n) is 1.68. The van der Waals surface area contributed by atoms with E-state index in [2.05, 4.69) is 5.32 Å². The van der Waals surface area contributed by atoms with Crippen molar-refractivity contribution in [3.63, 3.8) is 0 Å². The number of ether oxygens (including phenoxy) is 2. The summed E-state index contributed by atoms with van der Waals surface area (Å²) in [7, 11) is 1.49. The zero-order valence-electron chi connectivity index (χ0n) is 11.7. The molecule has 2 atom stereocenters. The second-order valence-electron chi connectivity index (χ2n) is 4.41. The first kappa shape index (κ1) is 15.4. The molecule has 1 rings (SSSR count). The molecule has 0 spiro atoms. The Kier molecular flexibility index (Phi) is 5.30. The highest BCUT2D eigenvalue weighted by atomic mass is 19.1. The first-order valence-corrected chi connectivity index (χ1v) is 6.18. The Labute approximate surface area is 112 Å². The lowest BCUT2D eigenvalue weighted by Crippen LogP contribution is -2.54. The molecule has 0 fully saturated rings. The largest absolute Gasteiger partial charge is 0.464 e. The van der Waals surface area contributed by atoms with Gasteiger partial charge in [0.05, 0.1) is 18.4 Å². The molecule has 1 aromatic rings. The topological polar surface area (TPSA) is 47.6 Å². The molecule has 0 aliphatic heterocycles. The van der Waals surface area contributed by atoms with Crippen molar-refractivity contribution >= 4 is 11.7 Å². The second-order valence-corrected chi connectivity index (χ2v) is 4.41. The van der Waals surface area contributed by atoms with Crippen molar-refractivity contribution in [1.82, 2.24) is 0 Å². The predicted molar refractivity (Wildman–Crippen MR) is 71.5 cm³/mol. The molecule has 0 amide bonds. The fourth-order valence-corrected chi connectivity index (χ4v) is 1.68. The molecule has 1 N–H and O–H groups in total. The molecule has 0 aromatic heterocycles. The van der Waals surface area contributed by atoms with Crippen LogP contribution in [0.15, 0.2) is 24.3 Å². The van der Waals surface area contributed by atoms with Gasteiger partial charge in [0.2, 0.25) is 0 Å². The van der Waals surface area contributed by atoms with E-state index >= 15 is 0 Å². The van der Waals surface area contributed by atoms with Gasteiger partial charge >= 0.3 is 5.97 Å². The number of para-hydroxylation sites is 1. The standard InChI is InChI=1S/C14H20FNO3/c1-5-19-13(17)14(3,10(2)18-4)16-12-9-7-6-8-11(12)15/h6-10,16H,5H2,1-4H3. The van der Waals surface area contributed by atoms with Crippen LogP contribution in [0.4, 0.5) is 10.1 Å². The molecule has 0 aliphatic carbocycles. The van der Waals surface area contributed by atoms with Gasteiger partial charge in [0.25, 0.3) is 0 Å². The van der Waals surface area contributed by atoms with Crippen LogP contribution in [0.3, 0.4) is 0 Å². The van der Waals surface area contributed by atoms with Crippen molar-refractivity contribution in [1.29, 1.82) is 0 Å². The number of hydrogen-bond donors (Lipinski definition) is 1. The molecule has 0 radical (unpaired) electrons. The average molecular weight is 269 g/mol. The number of anilines is 1. The highest BCUT2D eigenvalue weighted by Crippen LogP contribution is 2.24. The van der Waals surface area contributed by atoms with E-state index < -0.39 is 23.4 Å². The minimum Gasteiger partial charge on any atom is -0.464 e. The van der Waals surface area contributed by atoms with Crippen molar-refractivity contribution < 1.29 is 18.7 Å². The number of halogens is 1. The maximum atomic E-state index is 13.7. The Morgan fingerprint density at radius 2 is 2.11 bits per heavy atom. The van der Waals surface area contributed by atoms with E-state index in [4.69, 9.17) is 9.47 Å². The molecule has 0 saturated carbocycles. The number of rotatable bonds is 6. The first-order chi connectivity index (χ1) is 8.95. The minimum absolute atomic E-state index is 0.238. The highest BCUT2D eigenvalue weighted by Gasteiger charge is 2.41. The molecular weight excluding hydrogens is 249 g/mol. The third kappa shape index (κ3) is 3.44. The van der Waals surface area contributed by atoms with Gasteiger partial charge in [-0.05, 0) is 32.9 Å². The molecule has 0 saturated heterocycles. The molecule has 0 aliphatic rings. The van der Waals surface area contributed by atoms with E-state index in [1.807, 2.05) is 0 Å². The third-order valence-electron chi connectivity index (χ3n) is 3.13. The van der Waals surface area contributed by atoms with Gasteiger partial charge in [-0.3, -0.25) is 0 Å². The van der Waals surface area contributed by atoms with E-state index in [0.717, 1.165) is 0 Å². The van der Waals surface area contributed by atoms with Crippen LogP contribution < -0.4 is 5.32 Å². The predicted octanol–water partition coefficient (Wildman–Crippen LogP) is 2.59. The van der Waals surface area contributed by atoms with Gasteiger partial charge < -0.3 is 14.8 Å². The first-order valence-electron chi connectivity index (χ1n) is 6.18. The maximum Gasteiger partial charge on any atom is 0.334 e. The minimum atomic E-state index is -1.16. The zero-order chi connectivity index (χ0) is 14.5. The molecule has 2 unspecified atom stereocenters. The SMILES string of the molecule is CCOC(=O)C(C)(Nc1ccccc1F)C(C)OC. The lowest BCUT2D eigenvalue weighted by Gasteiger charge is -2.34. The Balaban J connectivity index is 3.05. The normalized spacial score (nSPS) is 15.4. The van der Waals surface area contributed by atoms with E-state index in [0.29, 0.717) is 0 Å². The summed E-state index contributed by atoms with van der Waals surface area (Å²) in [5, 5.41) is 2.88. The van der Waals surface area contributed by atoms with Crippen LogP contribution in [-0.4, -0.2) is 31.3 Å². The monoisotopic (exact) mass is 269 g/mol. The third-order valence-corrected chi connectivity index (χ3v) is 3.13.